The Morgan fingerprint density at radius 3 is 2.28 bits per heavy atom. The molecule has 0 aliphatic carbocycles. The molecule has 0 aliphatic heterocycles. The van der Waals surface area contributed by atoms with Gasteiger partial charge in [0.15, 0.2) is 0 Å². The van der Waals surface area contributed by atoms with E-state index in [1.807, 2.05) is 6.21 Å². The van der Waals surface area contributed by atoms with Gasteiger partial charge in [-0.25, -0.2) is 4.99 Å². The van der Waals surface area contributed by atoms with Crippen LogP contribution < -0.4 is 9.47 Å². The number of alkyl halides is 2. The van der Waals surface area contributed by atoms with Crippen molar-refractivity contribution in [3.8, 4) is 5.69 Å². The fraction of sp³-hybridized carbons (Fsp3) is 0.161. The quantitative estimate of drug-likeness (QED) is 0.0765. The van der Waals surface area contributed by atoms with Crippen LogP contribution in [-0.2, 0) is 0 Å². The predicted molar refractivity (Wildman–Crippen MR) is 161 cm³/mol. The fourth-order valence-corrected chi connectivity index (χ4v) is 5.55. The molecular formula is C31H28Br2N3+. The lowest BCUT2D eigenvalue weighted by Gasteiger charge is -2.23. The van der Waals surface area contributed by atoms with Crippen LogP contribution in [0.1, 0.15) is 11.3 Å². The number of anilines is 1. The number of hydrogen-bond donors (Lipinski definition) is 0. The number of para-hydroxylation sites is 1. The molecule has 180 valence electrons. The number of hydrogen-bond acceptors (Lipinski definition) is 2. The van der Waals surface area contributed by atoms with Crippen LogP contribution in [-0.4, -0.2) is 30.0 Å². The fourth-order valence-electron chi connectivity index (χ4n) is 4.69. The Kier molecular flexibility index (Phi) is 7.78. The van der Waals surface area contributed by atoms with Gasteiger partial charge in [-0.05, 0) is 53.6 Å². The summed E-state index contributed by atoms with van der Waals surface area (Å²) in [5.41, 5.74) is 6.68. The molecule has 0 aliphatic rings. The van der Waals surface area contributed by atoms with E-state index in [0.717, 1.165) is 51.9 Å². The summed E-state index contributed by atoms with van der Waals surface area (Å²) in [7, 11) is 0. The number of rotatable bonds is 8. The number of benzene rings is 4. The molecule has 5 aromatic rings. The Bertz CT molecular complexity index is 1520. The van der Waals surface area contributed by atoms with Crippen LogP contribution in [0, 0.1) is 6.92 Å². The average Bonchev–Trinajstić information content (AvgIpc) is 2.92. The second-order valence-electron chi connectivity index (χ2n) is 8.74. The molecule has 5 rings (SSSR count). The molecule has 0 fully saturated rings. The smallest absolute Gasteiger partial charge is 0.230 e. The first-order valence-corrected chi connectivity index (χ1v) is 14.4. The average molecular weight is 602 g/mol. The molecule has 0 radical (unpaired) electrons. The molecule has 4 aromatic carbocycles. The van der Waals surface area contributed by atoms with Crippen molar-refractivity contribution >= 4 is 71.1 Å². The van der Waals surface area contributed by atoms with Gasteiger partial charge in [0.05, 0.1) is 17.3 Å². The molecule has 1 aromatic heterocycles. The Balaban J connectivity index is 1.59. The maximum Gasteiger partial charge on any atom is 0.230 e. The highest BCUT2D eigenvalue weighted by atomic mass is 79.9. The third kappa shape index (κ3) is 5.09. The highest BCUT2D eigenvalue weighted by Crippen LogP contribution is 2.27. The Morgan fingerprint density at radius 1 is 0.778 bits per heavy atom. The van der Waals surface area contributed by atoms with Crippen molar-refractivity contribution in [1.82, 2.24) is 0 Å². The molecule has 0 unspecified atom stereocenters. The minimum atomic E-state index is 0.940. The first-order valence-electron chi connectivity index (χ1n) is 12.1. The van der Waals surface area contributed by atoms with Crippen LogP contribution in [0.4, 0.5) is 11.4 Å². The van der Waals surface area contributed by atoms with Crippen molar-refractivity contribution in [1.29, 1.82) is 0 Å². The van der Waals surface area contributed by atoms with E-state index in [1.54, 1.807) is 0 Å². The Labute approximate surface area is 229 Å². The van der Waals surface area contributed by atoms with Crippen molar-refractivity contribution in [2.75, 3.05) is 28.6 Å². The van der Waals surface area contributed by atoms with Crippen LogP contribution in [0.25, 0.3) is 27.4 Å². The highest BCUT2D eigenvalue weighted by molar-refractivity contribution is 9.09. The largest absolute Gasteiger partial charge is 0.370 e. The molecular weight excluding hydrogens is 574 g/mol. The SMILES string of the molecule is Cc1cc(N(CCBr)CCBr)ccc1N=Cc1ccc2c3ccccc3ccc2[n+]1-c1ccccc1. The maximum atomic E-state index is 4.94. The summed E-state index contributed by atoms with van der Waals surface area (Å²) >= 11 is 7.15. The molecule has 0 spiro atoms. The summed E-state index contributed by atoms with van der Waals surface area (Å²) in [5.74, 6) is 0. The number of fused-ring (bicyclic) bond motifs is 3. The van der Waals surface area contributed by atoms with E-state index in [4.69, 9.17) is 4.99 Å². The summed E-state index contributed by atoms with van der Waals surface area (Å²) in [6.45, 7) is 4.07. The molecule has 0 atom stereocenters. The van der Waals surface area contributed by atoms with Gasteiger partial charge in [-0.15, -0.1) is 0 Å². The number of aliphatic imine (C=N–C) groups is 1. The minimum Gasteiger partial charge on any atom is -0.370 e. The molecule has 0 saturated carbocycles. The van der Waals surface area contributed by atoms with Crippen LogP contribution in [0.3, 0.4) is 0 Å². The van der Waals surface area contributed by atoms with Crippen molar-refractivity contribution in [3.05, 3.63) is 108 Å². The summed E-state index contributed by atoms with van der Waals surface area (Å²) in [6.07, 6.45) is 1.98. The molecule has 0 amide bonds. The molecule has 0 saturated heterocycles. The molecule has 0 N–H and O–H groups in total. The number of aryl methyl sites for hydroxylation is 1. The lowest BCUT2D eigenvalue weighted by atomic mass is 10.0. The van der Waals surface area contributed by atoms with Gasteiger partial charge in [0, 0.05) is 53.7 Å². The number of halogens is 2. The van der Waals surface area contributed by atoms with E-state index >= 15 is 0 Å². The Hall–Kier alpha value is -3.02. The third-order valence-electron chi connectivity index (χ3n) is 6.47. The van der Waals surface area contributed by atoms with E-state index in [9.17, 15) is 0 Å². The minimum absolute atomic E-state index is 0.940. The van der Waals surface area contributed by atoms with Crippen LogP contribution >= 0.6 is 31.9 Å². The predicted octanol–water partition coefficient (Wildman–Crippen LogP) is 7.92. The highest BCUT2D eigenvalue weighted by Gasteiger charge is 2.19. The monoisotopic (exact) mass is 600 g/mol. The van der Waals surface area contributed by atoms with Crippen molar-refractivity contribution in [2.24, 2.45) is 4.99 Å². The summed E-state index contributed by atoms with van der Waals surface area (Å²) in [6, 6.07) is 34.4. The van der Waals surface area contributed by atoms with E-state index in [-0.39, 0.29) is 0 Å². The zero-order valence-electron chi connectivity index (χ0n) is 20.2. The first-order chi connectivity index (χ1) is 17.7. The second-order valence-corrected chi connectivity index (χ2v) is 10.3. The first kappa shape index (κ1) is 24.7. The zero-order chi connectivity index (χ0) is 24.9. The van der Waals surface area contributed by atoms with Crippen LogP contribution in [0.2, 0.25) is 0 Å². The third-order valence-corrected chi connectivity index (χ3v) is 7.18. The van der Waals surface area contributed by atoms with Gasteiger partial charge in [0.25, 0.3) is 0 Å². The molecule has 0 bridgehead atoms. The van der Waals surface area contributed by atoms with Gasteiger partial charge in [-0.2, -0.15) is 4.57 Å². The van der Waals surface area contributed by atoms with E-state index < -0.39 is 0 Å². The number of nitrogens with zero attached hydrogens (tertiary/aromatic N) is 3. The summed E-state index contributed by atoms with van der Waals surface area (Å²) in [5, 5.41) is 5.61. The topological polar surface area (TPSA) is 19.5 Å². The van der Waals surface area contributed by atoms with Crippen LogP contribution in [0.15, 0.2) is 102 Å². The molecule has 3 nitrogen and oxygen atoms in total. The van der Waals surface area contributed by atoms with Crippen molar-refractivity contribution in [2.45, 2.75) is 6.92 Å². The van der Waals surface area contributed by atoms with Gasteiger partial charge in [-0.3, -0.25) is 0 Å². The molecule has 36 heavy (non-hydrogen) atoms. The number of pyridine rings is 1. The normalized spacial score (nSPS) is 11.5. The molecule has 1 heterocycles. The second kappa shape index (κ2) is 11.4. The summed E-state index contributed by atoms with van der Waals surface area (Å²) < 4.78 is 2.29. The van der Waals surface area contributed by atoms with E-state index in [1.165, 1.54) is 21.8 Å². The summed E-state index contributed by atoms with van der Waals surface area (Å²) in [4.78, 5) is 7.32. The van der Waals surface area contributed by atoms with Gasteiger partial charge >= 0.3 is 0 Å². The van der Waals surface area contributed by atoms with Crippen LogP contribution in [0.5, 0.6) is 0 Å². The lowest BCUT2D eigenvalue weighted by Crippen LogP contribution is -2.36. The van der Waals surface area contributed by atoms with Crippen molar-refractivity contribution < 1.29 is 4.57 Å². The van der Waals surface area contributed by atoms with E-state index in [0.29, 0.717) is 0 Å². The van der Waals surface area contributed by atoms with Crippen molar-refractivity contribution in [3.63, 3.8) is 0 Å². The van der Waals surface area contributed by atoms with Gasteiger partial charge < -0.3 is 4.90 Å². The maximum absolute atomic E-state index is 4.94. The lowest BCUT2D eigenvalue weighted by molar-refractivity contribution is -0.568. The zero-order valence-corrected chi connectivity index (χ0v) is 23.4. The number of aromatic nitrogens is 1. The van der Waals surface area contributed by atoms with Gasteiger partial charge in [0.2, 0.25) is 16.9 Å². The standard InChI is InChI=1S/C31H28Br2N3/c1-23-21-26(35(19-17-32)20-18-33)13-15-30(23)34-22-27-12-14-29-28-10-6-5-7-24(28)11-16-31(29)36(27)25-8-3-2-4-9-25/h2-16,21-22H,17-20H2,1H3/q+1. The van der Waals surface area contributed by atoms with E-state index in [2.05, 4.69) is 145 Å². The Morgan fingerprint density at radius 2 is 1.53 bits per heavy atom. The van der Waals surface area contributed by atoms with Gasteiger partial charge in [0.1, 0.15) is 0 Å². The molecule has 5 heteroatoms. The van der Waals surface area contributed by atoms with Gasteiger partial charge in [-0.1, -0.05) is 74.3 Å².